The van der Waals surface area contributed by atoms with E-state index in [2.05, 4.69) is 15.3 Å². The fourth-order valence-corrected chi connectivity index (χ4v) is 3.90. The number of carbonyl (C=O) groups is 1. The third-order valence-corrected chi connectivity index (χ3v) is 5.58. The number of aromatic amines is 2. The molecule has 148 valence electrons. The largest absolute Gasteiger partial charge is 0.493 e. The molecule has 3 aromatic heterocycles. The van der Waals surface area contributed by atoms with E-state index in [0.717, 1.165) is 33.2 Å². The van der Waals surface area contributed by atoms with E-state index in [1.54, 1.807) is 13.2 Å². The van der Waals surface area contributed by atoms with Gasteiger partial charge in [0.2, 0.25) is 0 Å². The number of nitrogens with one attached hydrogen (secondary N) is 3. The molecule has 0 unspecified atom stereocenters. The number of nitrogens with zero attached hydrogens (tertiary/aromatic N) is 1. The zero-order chi connectivity index (χ0) is 20.1. The Kier molecular flexibility index (Phi) is 3.97. The smallest absolute Gasteiger partial charge is 0.272 e. The maximum absolute atomic E-state index is 12.4. The predicted octanol–water partition coefficient (Wildman–Crippen LogP) is 3.16. The number of aryl methyl sites for hydroxylation is 1. The van der Waals surface area contributed by atoms with Crippen LogP contribution in [0.5, 0.6) is 5.75 Å². The van der Waals surface area contributed by atoms with Gasteiger partial charge in [0.1, 0.15) is 17.0 Å². The first kappa shape index (κ1) is 17.6. The van der Waals surface area contributed by atoms with Crippen molar-refractivity contribution in [2.24, 2.45) is 13.0 Å². The molecule has 1 aromatic carbocycles. The van der Waals surface area contributed by atoms with Crippen LogP contribution < -0.4 is 15.6 Å². The van der Waals surface area contributed by atoms with Crippen LogP contribution in [0.15, 0.2) is 41.5 Å². The summed E-state index contributed by atoms with van der Waals surface area (Å²) in [4.78, 5) is 30.5. The Labute approximate surface area is 166 Å². The summed E-state index contributed by atoms with van der Waals surface area (Å²) in [5.74, 6) is 1.20. The minimum Gasteiger partial charge on any atom is -0.493 e. The summed E-state index contributed by atoms with van der Waals surface area (Å²) in [7, 11) is 3.47. The molecular formula is C22H22N4O3. The van der Waals surface area contributed by atoms with E-state index in [4.69, 9.17) is 4.74 Å². The molecule has 3 N–H and O–H groups in total. The van der Waals surface area contributed by atoms with Gasteiger partial charge < -0.3 is 24.6 Å². The maximum atomic E-state index is 12.4. The van der Waals surface area contributed by atoms with Crippen LogP contribution in [0.2, 0.25) is 0 Å². The second-order valence-electron chi connectivity index (χ2n) is 7.64. The van der Waals surface area contributed by atoms with Gasteiger partial charge in [0.25, 0.3) is 11.5 Å². The van der Waals surface area contributed by atoms with Gasteiger partial charge in [-0.3, -0.25) is 9.59 Å². The molecule has 5 rings (SSSR count). The fraction of sp³-hybridized carbons (Fsp3) is 0.273. The van der Waals surface area contributed by atoms with Crippen molar-refractivity contribution in [2.45, 2.75) is 12.8 Å². The first-order valence-electron chi connectivity index (χ1n) is 9.74. The number of amides is 1. The van der Waals surface area contributed by atoms with Gasteiger partial charge in [-0.2, -0.15) is 0 Å². The van der Waals surface area contributed by atoms with Crippen molar-refractivity contribution < 1.29 is 9.53 Å². The van der Waals surface area contributed by atoms with Gasteiger partial charge in [-0.15, -0.1) is 0 Å². The number of hydrogen-bond donors (Lipinski definition) is 3. The first-order chi connectivity index (χ1) is 14.1. The van der Waals surface area contributed by atoms with Gasteiger partial charge in [0.05, 0.1) is 6.61 Å². The Hall–Kier alpha value is -3.48. The molecule has 1 saturated carbocycles. The highest BCUT2D eigenvalue weighted by molar-refractivity contribution is 6.09. The van der Waals surface area contributed by atoms with Crippen molar-refractivity contribution in [1.29, 1.82) is 0 Å². The first-order valence-corrected chi connectivity index (χ1v) is 9.74. The normalized spacial score (nSPS) is 13.9. The van der Waals surface area contributed by atoms with Crippen LogP contribution in [0.3, 0.4) is 0 Å². The van der Waals surface area contributed by atoms with Crippen LogP contribution in [0, 0.1) is 5.92 Å². The number of ether oxygens (including phenoxy) is 1. The molecule has 4 aromatic rings. The number of aromatic nitrogens is 3. The van der Waals surface area contributed by atoms with Crippen LogP contribution in [0.25, 0.3) is 32.9 Å². The van der Waals surface area contributed by atoms with Gasteiger partial charge in [-0.25, -0.2) is 0 Å². The second-order valence-corrected chi connectivity index (χ2v) is 7.64. The van der Waals surface area contributed by atoms with Crippen LogP contribution in [-0.4, -0.2) is 34.1 Å². The average molecular weight is 390 g/mol. The minimum absolute atomic E-state index is 0.135. The number of carbonyl (C=O) groups excluding carboxylic acids is 1. The Morgan fingerprint density at radius 3 is 2.86 bits per heavy atom. The fourth-order valence-electron chi connectivity index (χ4n) is 3.90. The monoisotopic (exact) mass is 390 g/mol. The summed E-state index contributed by atoms with van der Waals surface area (Å²) in [6, 6.07) is 7.63. The highest BCUT2D eigenvalue weighted by Crippen LogP contribution is 2.42. The van der Waals surface area contributed by atoms with E-state index in [1.807, 2.05) is 42.1 Å². The SMILES string of the molecule is CNC(=O)c1cc2c(-c3cn(C)c4c(=O)[nH]ccc34)c(OCC3CC3)ccc2[nH]1. The van der Waals surface area contributed by atoms with Gasteiger partial charge in [0.15, 0.2) is 0 Å². The molecule has 0 saturated heterocycles. The van der Waals surface area contributed by atoms with E-state index in [-0.39, 0.29) is 11.5 Å². The summed E-state index contributed by atoms with van der Waals surface area (Å²) in [6.07, 6.45) is 6.01. The van der Waals surface area contributed by atoms with E-state index in [9.17, 15) is 9.59 Å². The lowest BCUT2D eigenvalue weighted by atomic mass is 10.00. The maximum Gasteiger partial charge on any atom is 0.272 e. The van der Waals surface area contributed by atoms with Gasteiger partial charge in [0, 0.05) is 53.9 Å². The molecule has 29 heavy (non-hydrogen) atoms. The zero-order valence-corrected chi connectivity index (χ0v) is 16.3. The molecule has 7 nitrogen and oxygen atoms in total. The van der Waals surface area contributed by atoms with Crippen molar-refractivity contribution >= 4 is 27.7 Å². The second kappa shape index (κ2) is 6.55. The number of benzene rings is 1. The van der Waals surface area contributed by atoms with Crippen molar-refractivity contribution in [3.05, 3.63) is 52.7 Å². The van der Waals surface area contributed by atoms with Gasteiger partial charge in [-0.1, -0.05) is 0 Å². The number of fused-ring (bicyclic) bond motifs is 2. The molecule has 0 bridgehead atoms. The number of pyridine rings is 1. The quantitative estimate of drug-likeness (QED) is 0.489. The van der Waals surface area contributed by atoms with Crippen LogP contribution in [0.1, 0.15) is 23.3 Å². The van der Waals surface area contributed by atoms with Crippen LogP contribution >= 0.6 is 0 Å². The standard InChI is InChI=1S/C22H22N4O3/c1-23-21(27)17-9-14-16(25-17)5-6-18(29-11-12-3-4-12)19(14)15-10-26(2)20-13(15)7-8-24-22(20)28/h5-10,12,25H,3-4,11H2,1-2H3,(H,23,27)(H,24,28). The number of H-pyrrole nitrogens is 2. The van der Waals surface area contributed by atoms with E-state index >= 15 is 0 Å². The summed E-state index contributed by atoms with van der Waals surface area (Å²) in [5, 5.41) is 4.40. The van der Waals surface area contributed by atoms with Crippen molar-refractivity contribution in [3.8, 4) is 16.9 Å². The number of rotatable bonds is 5. The van der Waals surface area contributed by atoms with Crippen LogP contribution in [-0.2, 0) is 7.05 Å². The van der Waals surface area contributed by atoms with E-state index in [1.165, 1.54) is 12.8 Å². The highest BCUT2D eigenvalue weighted by atomic mass is 16.5. The summed E-state index contributed by atoms with van der Waals surface area (Å²) in [6.45, 7) is 0.677. The van der Waals surface area contributed by atoms with Gasteiger partial charge >= 0.3 is 0 Å². The van der Waals surface area contributed by atoms with E-state index in [0.29, 0.717) is 23.7 Å². The molecule has 1 fully saturated rings. The third-order valence-electron chi connectivity index (χ3n) is 5.58. The molecule has 0 atom stereocenters. The van der Waals surface area contributed by atoms with Gasteiger partial charge in [-0.05, 0) is 43.0 Å². The molecule has 3 heterocycles. The highest BCUT2D eigenvalue weighted by Gasteiger charge is 2.24. The molecule has 0 spiro atoms. The topological polar surface area (TPSA) is 91.9 Å². The molecule has 1 amide bonds. The van der Waals surface area contributed by atoms with Crippen molar-refractivity contribution in [2.75, 3.05) is 13.7 Å². The third kappa shape index (κ3) is 2.90. The lowest BCUT2D eigenvalue weighted by Crippen LogP contribution is -2.17. The Morgan fingerprint density at radius 1 is 1.28 bits per heavy atom. The molecule has 0 radical (unpaired) electrons. The lowest BCUT2D eigenvalue weighted by molar-refractivity contribution is 0.0959. The minimum atomic E-state index is -0.179. The van der Waals surface area contributed by atoms with Crippen LogP contribution in [0.4, 0.5) is 0 Å². The summed E-state index contributed by atoms with van der Waals surface area (Å²) < 4.78 is 8.03. The molecule has 7 heteroatoms. The molecule has 1 aliphatic rings. The average Bonchev–Trinajstić information content (AvgIpc) is 3.35. The molecule has 0 aliphatic heterocycles. The zero-order valence-electron chi connectivity index (χ0n) is 16.3. The molecular weight excluding hydrogens is 368 g/mol. The Balaban J connectivity index is 1.78. The van der Waals surface area contributed by atoms with E-state index < -0.39 is 0 Å². The summed E-state index contributed by atoms with van der Waals surface area (Å²) in [5.41, 5.74) is 3.61. The Bertz CT molecular complexity index is 1310. The predicted molar refractivity (Wildman–Crippen MR) is 112 cm³/mol. The Morgan fingerprint density at radius 2 is 2.10 bits per heavy atom. The van der Waals surface area contributed by atoms with Crippen molar-refractivity contribution in [3.63, 3.8) is 0 Å². The lowest BCUT2D eigenvalue weighted by Gasteiger charge is -2.12. The molecule has 1 aliphatic carbocycles. The van der Waals surface area contributed by atoms with Crippen molar-refractivity contribution in [1.82, 2.24) is 19.9 Å². The summed E-state index contributed by atoms with van der Waals surface area (Å²) >= 11 is 0. The number of hydrogen-bond acceptors (Lipinski definition) is 3.